The van der Waals surface area contributed by atoms with E-state index in [2.05, 4.69) is 34.4 Å². The van der Waals surface area contributed by atoms with Crippen molar-refractivity contribution >= 4 is 80.7 Å². The Morgan fingerprint density at radius 1 is 1.05 bits per heavy atom. The molecule has 2 aromatic rings. The molecule has 0 aromatic carbocycles. The third-order valence-corrected chi connectivity index (χ3v) is 14.2. The van der Waals surface area contributed by atoms with Crippen LogP contribution in [0, 0.1) is 10.8 Å². The van der Waals surface area contributed by atoms with E-state index < -0.39 is 95.1 Å². The van der Waals surface area contributed by atoms with Gasteiger partial charge in [-0.3, -0.25) is 42.1 Å². The summed E-state index contributed by atoms with van der Waals surface area (Å²) in [6.07, 6.45) is -6.01. The lowest BCUT2D eigenvalue weighted by Crippen LogP contribution is -2.46. The van der Waals surface area contributed by atoms with Crippen LogP contribution in [0.1, 0.15) is 59.1 Å². The van der Waals surface area contributed by atoms with Gasteiger partial charge in [-0.25, -0.2) is 28.6 Å². The second kappa shape index (κ2) is 19.4. The lowest BCUT2D eigenvalue weighted by molar-refractivity contribution is -0.137. The molecule has 3 aliphatic rings. The number of phosphoric ester groups is 3. The van der Waals surface area contributed by atoms with Crippen LogP contribution in [0.2, 0.25) is 0 Å². The normalized spacial score (nSPS) is 25.6. The van der Waals surface area contributed by atoms with Crippen molar-refractivity contribution in [3.8, 4) is 0 Å². The van der Waals surface area contributed by atoms with Gasteiger partial charge in [0.25, 0.3) is 0 Å². The van der Waals surface area contributed by atoms with Gasteiger partial charge in [-0.1, -0.05) is 25.6 Å². The number of carbonyl (C=O) groups excluding carboxylic acids is 5. The number of carbonyl (C=O) groups is 5. The highest BCUT2D eigenvalue weighted by Gasteiger charge is 2.51. The van der Waals surface area contributed by atoms with E-state index in [-0.39, 0.29) is 72.2 Å². The number of thioether (sulfide) groups is 1. The van der Waals surface area contributed by atoms with Crippen molar-refractivity contribution in [2.75, 3.05) is 37.8 Å². The van der Waals surface area contributed by atoms with E-state index in [0.717, 1.165) is 29.0 Å². The molecule has 26 nitrogen and oxygen atoms in total. The van der Waals surface area contributed by atoms with E-state index in [1.165, 1.54) is 13.8 Å². The molecule has 3 heterocycles. The van der Waals surface area contributed by atoms with Gasteiger partial charge in [0, 0.05) is 48.9 Å². The van der Waals surface area contributed by atoms with Crippen LogP contribution in [-0.2, 0) is 60.3 Å². The molecular weight excluding hydrogens is 911 g/mol. The van der Waals surface area contributed by atoms with Crippen molar-refractivity contribution in [3.63, 3.8) is 0 Å². The van der Waals surface area contributed by atoms with Crippen LogP contribution in [0.25, 0.3) is 11.2 Å². The van der Waals surface area contributed by atoms with Crippen LogP contribution in [0.3, 0.4) is 0 Å². The number of hydrogen-bond acceptors (Lipinski definition) is 20. The van der Waals surface area contributed by atoms with Gasteiger partial charge in [0.05, 0.1) is 25.1 Å². The molecule has 62 heavy (non-hydrogen) atoms. The Kier molecular flexibility index (Phi) is 15.5. The number of aliphatic hydroxyl groups excluding tert-OH is 2. The van der Waals surface area contributed by atoms with Crippen molar-refractivity contribution in [2.45, 2.75) is 83.5 Å². The number of amides is 2. The maximum absolute atomic E-state index is 12.9. The number of phosphoric acid groups is 3. The van der Waals surface area contributed by atoms with Gasteiger partial charge in [0.1, 0.15) is 42.0 Å². The summed E-state index contributed by atoms with van der Waals surface area (Å²) in [5.41, 5.74) is 4.04. The van der Waals surface area contributed by atoms with Crippen molar-refractivity contribution in [3.05, 3.63) is 23.8 Å². The second-order valence-corrected chi connectivity index (χ2v) is 20.5. The first-order chi connectivity index (χ1) is 28.8. The Morgan fingerprint density at radius 3 is 2.44 bits per heavy atom. The van der Waals surface area contributed by atoms with E-state index in [9.17, 15) is 67.5 Å². The number of fused-ring (bicyclic) bond motifs is 2. The van der Waals surface area contributed by atoms with Crippen LogP contribution in [0.5, 0.6) is 0 Å². The molecule has 5 rings (SSSR count). The van der Waals surface area contributed by atoms with E-state index >= 15 is 0 Å². The van der Waals surface area contributed by atoms with Crippen molar-refractivity contribution in [2.24, 2.45) is 10.8 Å². The number of Topliss-reactive ketones (excluding diaryl/α,β-unsaturated/α-hetero) is 2. The average molecular weight is 958 g/mol. The Bertz CT molecular complexity index is 2270. The highest BCUT2D eigenvalue weighted by atomic mass is 32.2. The Morgan fingerprint density at radius 2 is 1.74 bits per heavy atom. The monoisotopic (exact) mass is 957 g/mol. The van der Waals surface area contributed by atoms with Crippen LogP contribution < -0.4 is 16.4 Å². The molecule has 1 saturated carbocycles. The minimum absolute atomic E-state index is 0.0107. The molecule has 2 aliphatic carbocycles. The highest BCUT2D eigenvalue weighted by molar-refractivity contribution is 8.14. The summed E-state index contributed by atoms with van der Waals surface area (Å²) in [6.45, 7) is 1.91. The number of ether oxygens (including phenoxy) is 1. The molecule has 0 spiro atoms. The van der Waals surface area contributed by atoms with E-state index in [4.69, 9.17) is 19.5 Å². The summed E-state index contributed by atoms with van der Waals surface area (Å²) in [6, 6.07) is 0. The largest absolute Gasteiger partial charge is 0.481 e. The number of nitrogens with one attached hydrogen (secondary N) is 2. The van der Waals surface area contributed by atoms with E-state index in [0.29, 0.717) is 18.4 Å². The topological polar surface area (TPSA) is 398 Å². The third-order valence-electron chi connectivity index (χ3n) is 10.3. The number of nitrogen functional groups attached to an aromatic ring is 1. The predicted octanol–water partition coefficient (Wildman–Crippen LogP) is -0.307. The van der Waals surface area contributed by atoms with Crippen LogP contribution >= 0.6 is 35.2 Å². The zero-order valence-corrected chi connectivity index (χ0v) is 36.7. The molecule has 2 fully saturated rings. The van der Waals surface area contributed by atoms with E-state index in [1.54, 1.807) is 6.92 Å². The molecule has 0 radical (unpaired) electrons. The number of allylic oxidation sites excluding steroid dienone is 1. The summed E-state index contributed by atoms with van der Waals surface area (Å²) in [4.78, 5) is 114. The minimum atomic E-state index is -5.60. The first-order valence-electron chi connectivity index (χ1n) is 18.6. The van der Waals surface area contributed by atoms with Crippen molar-refractivity contribution < 1.29 is 90.1 Å². The van der Waals surface area contributed by atoms with Crippen LogP contribution in [-0.4, -0.2) is 134 Å². The van der Waals surface area contributed by atoms with Crippen molar-refractivity contribution in [1.29, 1.82) is 0 Å². The summed E-state index contributed by atoms with van der Waals surface area (Å²) in [5, 5.41) is 26.0. The molecular formula is C32H46N7O19P3S. The lowest BCUT2D eigenvalue weighted by Gasteiger charge is -2.30. The maximum Gasteiger partial charge on any atom is 0.481 e. The minimum Gasteiger partial charge on any atom is -0.386 e. The Balaban J connectivity index is 1.05. The number of aromatic nitrogens is 4. The average Bonchev–Trinajstić information content (AvgIpc) is 3.83. The predicted molar refractivity (Wildman–Crippen MR) is 211 cm³/mol. The van der Waals surface area contributed by atoms with Crippen LogP contribution in [0.15, 0.2) is 23.8 Å². The van der Waals surface area contributed by atoms with Gasteiger partial charge in [0.15, 0.2) is 23.5 Å². The zero-order chi connectivity index (χ0) is 46.0. The summed E-state index contributed by atoms with van der Waals surface area (Å²) < 4.78 is 62.3. The molecule has 2 aromatic heterocycles. The van der Waals surface area contributed by atoms with Gasteiger partial charge < -0.3 is 50.9 Å². The third kappa shape index (κ3) is 11.9. The lowest BCUT2D eigenvalue weighted by atomic mass is 9.72. The fourth-order valence-electron chi connectivity index (χ4n) is 6.89. The molecule has 0 bridgehead atoms. The molecule has 10 N–H and O–H groups in total. The molecule has 1 aliphatic heterocycles. The molecule has 344 valence electrons. The number of anilines is 1. The highest BCUT2D eigenvalue weighted by Crippen LogP contribution is 2.61. The SMILES string of the molecule is CC(C)(COP(=O)(O)OP(=O)(O)OC[C@H]1O[C@@H](n2cnc3c(N)ncnc32)[C@H](O)[C@@H]1OP(=O)(O)O)[C@@H](O)C(=O)NCCC(=O)NCCSC(=O)C1=C2CCC(=O)[C@@]2(C)CCC1=O. The summed E-state index contributed by atoms with van der Waals surface area (Å²) in [7, 11) is -16.5. The van der Waals surface area contributed by atoms with Crippen LogP contribution in [0.4, 0.5) is 5.82 Å². The smallest absolute Gasteiger partial charge is 0.386 e. The number of imidazole rings is 1. The van der Waals surface area contributed by atoms with Gasteiger partial charge in [-0.2, -0.15) is 4.31 Å². The Labute approximate surface area is 356 Å². The fourth-order valence-corrected chi connectivity index (χ4v) is 10.5. The maximum atomic E-state index is 12.9. The first-order valence-corrected chi connectivity index (χ1v) is 24.1. The number of nitrogens with zero attached hydrogens (tertiary/aromatic N) is 4. The summed E-state index contributed by atoms with van der Waals surface area (Å²) in [5.74, 6) is -1.77. The quantitative estimate of drug-likeness (QED) is 0.0467. The van der Waals surface area contributed by atoms with Gasteiger partial charge in [-0.05, 0) is 25.3 Å². The number of hydrogen-bond donors (Lipinski definition) is 9. The zero-order valence-electron chi connectivity index (χ0n) is 33.2. The molecule has 2 unspecified atom stereocenters. The first kappa shape index (κ1) is 49.7. The number of aliphatic hydroxyl groups is 2. The fraction of sp³-hybridized carbons (Fsp3) is 0.625. The Hall–Kier alpha value is -3.36. The molecule has 30 heteroatoms. The van der Waals surface area contributed by atoms with Gasteiger partial charge >= 0.3 is 23.5 Å². The number of rotatable bonds is 20. The van der Waals surface area contributed by atoms with Crippen molar-refractivity contribution in [1.82, 2.24) is 30.2 Å². The second-order valence-electron chi connectivity index (χ2n) is 15.2. The van der Waals surface area contributed by atoms with Gasteiger partial charge in [-0.15, -0.1) is 0 Å². The standard InChI is InChI=1S/C32H46N7O19P3S/c1-31(2,25(44)28(45)35-9-7-20(42)34-10-11-62-30(46)21-16-4-5-19(41)32(16,3)8-6-17(21)40)13-55-61(52,53)58-60(50,51)54-12-18-24(57-59(47,48)49)23(43)29(56-18)39-15-38-22-26(33)36-14-37-27(22)39/h14-15,18,23-25,29,43-44H,4-13H2,1-3H3,(H,34,42)(H,35,45)(H,50,51)(H,52,53)(H2,33,36,37)(H2,47,48,49)/t18-,23-,24-,25+,29-,32+/m1/s1. The van der Waals surface area contributed by atoms with E-state index in [1.807, 2.05) is 0 Å². The summed E-state index contributed by atoms with van der Waals surface area (Å²) >= 11 is 0.839. The molecule has 8 atom stereocenters. The van der Waals surface area contributed by atoms with Gasteiger partial charge in [0.2, 0.25) is 16.9 Å². The molecule has 1 saturated heterocycles. The number of ketones is 2. The number of nitrogens with two attached hydrogens (primary N) is 1. The molecule has 2 amide bonds.